The van der Waals surface area contributed by atoms with E-state index in [0.29, 0.717) is 0 Å². The van der Waals surface area contributed by atoms with Crippen LogP contribution in [-0.2, 0) is 0 Å². The molecule has 0 aromatic heterocycles. The summed E-state index contributed by atoms with van der Waals surface area (Å²) in [5.41, 5.74) is 0. The van der Waals surface area contributed by atoms with E-state index in [1.807, 2.05) is 12.2 Å². The van der Waals surface area contributed by atoms with Gasteiger partial charge in [-0.3, -0.25) is 0 Å². The van der Waals surface area contributed by atoms with Crippen molar-refractivity contribution >= 4 is 0 Å². The van der Waals surface area contributed by atoms with Crippen LogP contribution in [0.5, 0.6) is 0 Å². The molecule has 0 spiro atoms. The Morgan fingerprint density at radius 1 is 1.57 bits per heavy atom. The second kappa shape index (κ2) is 1.94. The van der Waals surface area contributed by atoms with Gasteiger partial charge in [-0.1, -0.05) is 24.3 Å². The van der Waals surface area contributed by atoms with Gasteiger partial charge in [-0.05, 0) is 0 Å². The maximum Gasteiger partial charge on any atom is 0.0573 e. The molecule has 1 aliphatic rings. The first-order chi connectivity index (χ1) is 3.80. The quantitative estimate of drug-likeness (QED) is 0.511. The number of hydrogen-bond donors (Lipinski definition) is 1. The first-order valence-electron chi connectivity index (χ1n) is 2.84. The van der Waals surface area contributed by atoms with Crippen LogP contribution in [0.2, 0.25) is 0 Å². The monoisotopic (exact) mass is 97.1 g/mol. The van der Waals surface area contributed by atoms with Crippen molar-refractivity contribution in [2.45, 2.75) is 0 Å². The molecule has 0 saturated carbocycles. The summed E-state index contributed by atoms with van der Waals surface area (Å²) in [4.78, 5) is 0. The fourth-order valence-corrected chi connectivity index (χ4v) is 0.548. The van der Waals surface area contributed by atoms with Crippen LogP contribution in [0, 0.1) is 5.92 Å². The Bertz CT molecular complexity index is 114. The van der Waals surface area contributed by atoms with Crippen molar-refractivity contribution in [3.05, 3.63) is 24.3 Å². The molecule has 38 valence electrons. The topological polar surface area (TPSA) is 20.2 Å². The summed E-state index contributed by atoms with van der Waals surface area (Å²) in [6.07, 6.45) is 7.28. The van der Waals surface area contributed by atoms with Gasteiger partial charge in [-0.15, -0.1) is 0 Å². The van der Waals surface area contributed by atoms with E-state index in [1.54, 1.807) is 12.2 Å². The summed E-state index contributed by atoms with van der Waals surface area (Å²) in [5.74, 6) is -0.0741. The smallest absolute Gasteiger partial charge is 0.0573 e. The van der Waals surface area contributed by atoms with Crippen molar-refractivity contribution in [2.24, 2.45) is 5.92 Å². The number of aliphatic hydroxyl groups excluding tert-OH is 1. The lowest BCUT2D eigenvalue weighted by molar-refractivity contribution is 0.275. The minimum absolute atomic E-state index is 0.0741. The Morgan fingerprint density at radius 2 is 2.14 bits per heavy atom. The van der Waals surface area contributed by atoms with E-state index in [9.17, 15) is 0 Å². The lowest BCUT2D eigenvalue weighted by atomic mass is 10.2. The zero-order valence-electron chi connectivity index (χ0n) is 4.91. The predicted molar refractivity (Wildman–Crippen MR) is 28.9 cm³/mol. The fourth-order valence-electron chi connectivity index (χ4n) is 0.548. The van der Waals surface area contributed by atoms with Crippen LogP contribution >= 0.6 is 0 Å². The van der Waals surface area contributed by atoms with Crippen molar-refractivity contribution in [2.75, 3.05) is 6.58 Å². The third kappa shape index (κ3) is 0.904. The van der Waals surface area contributed by atoms with Gasteiger partial charge in [0.15, 0.2) is 0 Å². The molecule has 0 heterocycles. The van der Waals surface area contributed by atoms with Crippen LogP contribution in [0.3, 0.4) is 0 Å². The number of allylic oxidation sites excluding steroid dienone is 2. The molecule has 0 radical (unpaired) electrons. The zero-order valence-corrected chi connectivity index (χ0v) is 3.91. The molecule has 0 fully saturated rings. The number of aliphatic hydroxyl groups is 1. The van der Waals surface area contributed by atoms with Crippen LogP contribution in [0.15, 0.2) is 24.3 Å². The van der Waals surface area contributed by atoms with Crippen molar-refractivity contribution in [1.82, 2.24) is 0 Å². The van der Waals surface area contributed by atoms with E-state index in [-0.39, 0.29) is 5.92 Å². The molecule has 0 amide bonds. The Hall–Kier alpha value is -0.560. The van der Waals surface area contributed by atoms with Gasteiger partial charge in [0.25, 0.3) is 0 Å². The largest absolute Gasteiger partial charge is 0.395 e. The summed E-state index contributed by atoms with van der Waals surface area (Å²) in [5, 5.41) is 8.62. The first-order valence-corrected chi connectivity index (χ1v) is 2.26. The van der Waals surface area contributed by atoms with E-state index in [1.165, 1.54) is 0 Å². The SMILES string of the molecule is [2H]C(O)C1C=CC=C1. The van der Waals surface area contributed by atoms with Gasteiger partial charge in [0.2, 0.25) is 0 Å². The summed E-state index contributed by atoms with van der Waals surface area (Å²) < 4.78 is 6.83. The van der Waals surface area contributed by atoms with Crippen molar-refractivity contribution in [1.29, 1.82) is 0 Å². The summed E-state index contributed by atoms with van der Waals surface area (Å²) in [6, 6.07) is 0. The lowest BCUT2D eigenvalue weighted by Crippen LogP contribution is -1.93. The van der Waals surface area contributed by atoms with Crippen LogP contribution in [0.1, 0.15) is 1.37 Å². The molecule has 0 bridgehead atoms. The van der Waals surface area contributed by atoms with E-state index >= 15 is 0 Å². The van der Waals surface area contributed by atoms with Crippen molar-refractivity contribution in [3.8, 4) is 0 Å². The fraction of sp³-hybridized carbons (Fsp3) is 0.333. The Balaban J connectivity index is 2.49. The van der Waals surface area contributed by atoms with Gasteiger partial charge in [0.1, 0.15) is 0 Å². The molecular formula is C6H8O. The highest BCUT2D eigenvalue weighted by molar-refractivity contribution is 5.17. The third-order valence-electron chi connectivity index (χ3n) is 0.950. The summed E-state index contributed by atoms with van der Waals surface area (Å²) in [6.45, 7) is -0.981. The first kappa shape index (κ1) is 3.44. The standard InChI is InChI=1S/C6H8O/c7-5-6-3-1-2-4-6/h1-4,6-7H,5H2/i5D. The van der Waals surface area contributed by atoms with Gasteiger partial charge in [-0.25, -0.2) is 0 Å². The third-order valence-corrected chi connectivity index (χ3v) is 0.950. The van der Waals surface area contributed by atoms with Crippen LogP contribution in [0.4, 0.5) is 0 Å². The molecule has 1 N–H and O–H groups in total. The van der Waals surface area contributed by atoms with Crippen LogP contribution < -0.4 is 0 Å². The zero-order chi connectivity index (χ0) is 5.98. The highest BCUT2D eigenvalue weighted by atomic mass is 16.3. The Morgan fingerprint density at radius 3 is 2.43 bits per heavy atom. The second-order valence-corrected chi connectivity index (χ2v) is 1.50. The molecule has 0 aliphatic heterocycles. The molecule has 1 aliphatic carbocycles. The molecule has 1 atom stereocenters. The van der Waals surface area contributed by atoms with Gasteiger partial charge in [-0.2, -0.15) is 0 Å². The highest BCUT2D eigenvalue weighted by Crippen LogP contribution is 2.05. The number of hydrogen-bond acceptors (Lipinski definition) is 1. The maximum atomic E-state index is 8.62. The van der Waals surface area contributed by atoms with Gasteiger partial charge < -0.3 is 5.11 Å². The average molecular weight is 97.1 g/mol. The van der Waals surface area contributed by atoms with Gasteiger partial charge in [0.05, 0.1) is 7.95 Å². The van der Waals surface area contributed by atoms with Crippen molar-refractivity contribution < 1.29 is 6.48 Å². The molecular weight excluding hydrogens is 88.1 g/mol. The minimum atomic E-state index is -0.981. The van der Waals surface area contributed by atoms with E-state index in [0.717, 1.165) is 0 Å². The maximum absolute atomic E-state index is 8.62. The highest BCUT2D eigenvalue weighted by Gasteiger charge is 1.97. The van der Waals surface area contributed by atoms with E-state index in [4.69, 9.17) is 6.48 Å². The number of rotatable bonds is 1. The molecule has 1 unspecified atom stereocenters. The Kier molecular flexibility index (Phi) is 0.953. The molecule has 0 saturated heterocycles. The average Bonchev–Trinajstić information content (AvgIpc) is 2.12. The minimum Gasteiger partial charge on any atom is -0.395 e. The molecule has 1 rings (SSSR count). The summed E-state index contributed by atoms with van der Waals surface area (Å²) in [7, 11) is 0. The summed E-state index contributed by atoms with van der Waals surface area (Å²) >= 11 is 0. The molecule has 7 heavy (non-hydrogen) atoms. The van der Waals surface area contributed by atoms with Crippen LogP contribution in [-0.4, -0.2) is 11.7 Å². The van der Waals surface area contributed by atoms with E-state index in [2.05, 4.69) is 0 Å². The molecule has 0 aromatic rings. The normalized spacial score (nSPS) is 25.6. The molecule has 1 nitrogen and oxygen atoms in total. The predicted octanol–water partition coefficient (Wildman–Crippen LogP) is 0.721. The molecule has 1 heteroatoms. The lowest BCUT2D eigenvalue weighted by Gasteiger charge is -1.93. The van der Waals surface area contributed by atoms with Gasteiger partial charge >= 0.3 is 0 Å². The van der Waals surface area contributed by atoms with Crippen molar-refractivity contribution in [3.63, 3.8) is 0 Å². The second-order valence-electron chi connectivity index (χ2n) is 1.50. The Labute approximate surface area is 44.4 Å². The van der Waals surface area contributed by atoms with Crippen LogP contribution in [0.25, 0.3) is 0 Å². The van der Waals surface area contributed by atoms with E-state index < -0.39 is 6.58 Å². The molecule has 0 aromatic carbocycles. The van der Waals surface area contributed by atoms with Gasteiger partial charge in [0, 0.05) is 5.92 Å².